The summed E-state index contributed by atoms with van der Waals surface area (Å²) in [4.78, 5) is 14.0. The predicted octanol–water partition coefficient (Wildman–Crippen LogP) is 1.27. The number of carbonyl (C=O) groups is 1. The van der Waals surface area contributed by atoms with Gasteiger partial charge < -0.3 is 15.7 Å². The molecule has 1 saturated carbocycles. The zero-order valence-electron chi connectivity index (χ0n) is 11.0. The summed E-state index contributed by atoms with van der Waals surface area (Å²) in [5.74, 6) is 0.0983. The van der Waals surface area contributed by atoms with Gasteiger partial charge in [0.1, 0.15) is 0 Å². The number of hydrogen-bond donors (Lipinski definition) is 2. The summed E-state index contributed by atoms with van der Waals surface area (Å²) in [6.45, 7) is 0.982. The van der Waals surface area contributed by atoms with Crippen molar-refractivity contribution < 1.29 is 9.90 Å². The molecule has 1 rings (SSSR count). The van der Waals surface area contributed by atoms with Crippen molar-refractivity contribution in [2.24, 2.45) is 5.73 Å². The second-order valence-electron chi connectivity index (χ2n) is 5.23. The van der Waals surface area contributed by atoms with Crippen LogP contribution in [0.1, 0.15) is 51.4 Å². The zero-order valence-corrected chi connectivity index (χ0v) is 11.0. The van der Waals surface area contributed by atoms with Gasteiger partial charge in [-0.1, -0.05) is 19.3 Å². The first-order valence-corrected chi connectivity index (χ1v) is 6.75. The van der Waals surface area contributed by atoms with Crippen LogP contribution in [0.4, 0.5) is 0 Å². The molecule has 0 aromatic heterocycles. The number of nitrogens with zero attached hydrogens (tertiary/aromatic N) is 1. The van der Waals surface area contributed by atoms with Crippen LogP contribution < -0.4 is 5.73 Å². The molecular weight excluding hydrogens is 216 g/mol. The summed E-state index contributed by atoms with van der Waals surface area (Å²) in [6, 6.07) is 0. The highest BCUT2D eigenvalue weighted by atomic mass is 16.2. The summed E-state index contributed by atoms with van der Waals surface area (Å²) in [5, 5.41) is 8.69. The maximum Gasteiger partial charge on any atom is 0.242 e. The highest BCUT2D eigenvalue weighted by Gasteiger charge is 2.36. The van der Waals surface area contributed by atoms with Crippen LogP contribution in [0.5, 0.6) is 0 Å². The molecule has 0 aliphatic heterocycles. The largest absolute Gasteiger partial charge is 0.396 e. The van der Waals surface area contributed by atoms with Crippen LogP contribution in [-0.4, -0.2) is 41.7 Å². The minimum Gasteiger partial charge on any atom is -0.396 e. The number of aliphatic hydroxyl groups excluding tert-OH is 1. The topological polar surface area (TPSA) is 66.6 Å². The molecule has 1 aliphatic rings. The summed E-state index contributed by atoms with van der Waals surface area (Å²) in [7, 11) is 1.84. The molecule has 0 saturated heterocycles. The average Bonchev–Trinajstić information content (AvgIpc) is 2.34. The molecule has 17 heavy (non-hydrogen) atoms. The van der Waals surface area contributed by atoms with Gasteiger partial charge in [-0.05, 0) is 32.1 Å². The van der Waals surface area contributed by atoms with E-state index >= 15 is 0 Å². The Labute approximate surface area is 104 Å². The molecule has 100 valence electrons. The van der Waals surface area contributed by atoms with Gasteiger partial charge in [-0.25, -0.2) is 0 Å². The van der Waals surface area contributed by atoms with Gasteiger partial charge in [0.2, 0.25) is 5.91 Å². The zero-order chi connectivity index (χ0) is 12.7. The van der Waals surface area contributed by atoms with Gasteiger partial charge in [0.05, 0.1) is 5.54 Å². The van der Waals surface area contributed by atoms with Gasteiger partial charge in [-0.2, -0.15) is 0 Å². The third kappa shape index (κ3) is 4.28. The molecule has 4 nitrogen and oxygen atoms in total. The molecule has 1 amide bonds. The normalized spacial score (nSPS) is 19.0. The molecule has 0 aromatic rings. The van der Waals surface area contributed by atoms with E-state index in [0.29, 0.717) is 0 Å². The summed E-state index contributed by atoms with van der Waals surface area (Å²) in [6.07, 6.45) is 7.72. The number of carbonyl (C=O) groups excluding carboxylic acids is 1. The van der Waals surface area contributed by atoms with Gasteiger partial charge in [0, 0.05) is 20.2 Å². The van der Waals surface area contributed by atoms with Crippen LogP contribution in [0, 0.1) is 0 Å². The summed E-state index contributed by atoms with van der Waals surface area (Å²) >= 11 is 0. The Morgan fingerprint density at radius 1 is 1.24 bits per heavy atom. The second-order valence-corrected chi connectivity index (χ2v) is 5.23. The first kappa shape index (κ1) is 14.5. The lowest BCUT2D eigenvalue weighted by Crippen LogP contribution is -2.55. The van der Waals surface area contributed by atoms with Crippen molar-refractivity contribution >= 4 is 5.91 Å². The fourth-order valence-electron chi connectivity index (χ4n) is 2.52. The molecule has 0 radical (unpaired) electrons. The van der Waals surface area contributed by atoms with E-state index in [-0.39, 0.29) is 12.5 Å². The minimum atomic E-state index is -0.607. The molecule has 0 spiro atoms. The van der Waals surface area contributed by atoms with Crippen molar-refractivity contribution in [2.45, 2.75) is 56.9 Å². The lowest BCUT2D eigenvalue weighted by atomic mass is 9.81. The number of nitrogens with two attached hydrogens (primary N) is 1. The van der Waals surface area contributed by atoms with Crippen LogP contribution in [0.15, 0.2) is 0 Å². The highest BCUT2D eigenvalue weighted by molar-refractivity contribution is 5.86. The first-order valence-electron chi connectivity index (χ1n) is 6.75. The van der Waals surface area contributed by atoms with E-state index in [1.54, 1.807) is 4.90 Å². The molecule has 0 bridgehead atoms. The standard InChI is InChI=1S/C13H26N2O2/c1-15(10-6-3-7-11-16)12(17)13(14)8-4-2-5-9-13/h16H,2-11,14H2,1H3. The van der Waals surface area contributed by atoms with Gasteiger partial charge in [0.15, 0.2) is 0 Å². The fourth-order valence-corrected chi connectivity index (χ4v) is 2.52. The Kier molecular flexibility index (Phi) is 5.92. The van der Waals surface area contributed by atoms with E-state index in [9.17, 15) is 4.79 Å². The van der Waals surface area contributed by atoms with Gasteiger partial charge >= 0.3 is 0 Å². The highest BCUT2D eigenvalue weighted by Crippen LogP contribution is 2.27. The van der Waals surface area contributed by atoms with E-state index < -0.39 is 5.54 Å². The Morgan fingerprint density at radius 3 is 2.47 bits per heavy atom. The molecule has 0 aromatic carbocycles. The van der Waals surface area contributed by atoms with Crippen molar-refractivity contribution in [3.8, 4) is 0 Å². The maximum atomic E-state index is 12.2. The van der Waals surface area contributed by atoms with Crippen LogP contribution >= 0.6 is 0 Å². The van der Waals surface area contributed by atoms with Crippen molar-refractivity contribution in [3.63, 3.8) is 0 Å². The molecule has 4 heteroatoms. The van der Waals surface area contributed by atoms with E-state index in [1.807, 2.05) is 7.05 Å². The van der Waals surface area contributed by atoms with Crippen molar-refractivity contribution in [1.82, 2.24) is 4.90 Å². The molecular formula is C13H26N2O2. The maximum absolute atomic E-state index is 12.2. The minimum absolute atomic E-state index is 0.0983. The van der Waals surface area contributed by atoms with Crippen molar-refractivity contribution in [2.75, 3.05) is 20.2 Å². The third-order valence-corrected chi connectivity index (χ3v) is 3.67. The van der Waals surface area contributed by atoms with E-state index in [0.717, 1.165) is 51.5 Å². The molecule has 0 unspecified atom stereocenters. The van der Waals surface area contributed by atoms with Crippen LogP contribution in [0.3, 0.4) is 0 Å². The molecule has 1 fully saturated rings. The van der Waals surface area contributed by atoms with E-state index in [2.05, 4.69) is 0 Å². The SMILES string of the molecule is CN(CCCCCO)C(=O)C1(N)CCCCC1. The Bertz CT molecular complexity index is 238. The smallest absolute Gasteiger partial charge is 0.242 e. The Hall–Kier alpha value is -0.610. The van der Waals surface area contributed by atoms with Gasteiger partial charge in [-0.15, -0.1) is 0 Å². The number of amides is 1. The van der Waals surface area contributed by atoms with Gasteiger partial charge in [-0.3, -0.25) is 4.79 Å². The molecule has 1 aliphatic carbocycles. The first-order chi connectivity index (χ1) is 8.10. The Morgan fingerprint density at radius 2 is 1.88 bits per heavy atom. The van der Waals surface area contributed by atoms with Crippen LogP contribution in [0.2, 0.25) is 0 Å². The van der Waals surface area contributed by atoms with Crippen LogP contribution in [0.25, 0.3) is 0 Å². The van der Waals surface area contributed by atoms with Gasteiger partial charge in [0.25, 0.3) is 0 Å². The summed E-state index contributed by atoms with van der Waals surface area (Å²) < 4.78 is 0. The monoisotopic (exact) mass is 242 g/mol. The van der Waals surface area contributed by atoms with E-state index in [1.165, 1.54) is 6.42 Å². The number of likely N-dealkylation sites (N-methyl/N-ethyl adjacent to an activating group) is 1. The quantitative estimate of drug-likeness (QED) is 0.689. The third-order valence-electron chi connectivity index (χ3n) is 3.67. The number of aliphatic hydroxyl groups is 1. The fraction of sp³-hybridized carbons (Fsp3) is 0.923. The number of rotatable bonds is 6. The summed E-state index contributed by atoms with van der Waals surface area (Å²) in [5.41, 5.74) is 5.60. The van der Waals surface area contributed by atoms with Crippen molar-refractivity contribution in [1.29, 1.82) is 0 Å². The molecule has 3 N–H and O–H groups in total. The predicted molar refractivity (Wildman–Crippen MR) is 68.6 cm³/mol. The molecule has 0 heterocycles. The van der Waals surface area contributed by atoms with Crippen LogP contribution in [-0.2, 0) is 4.79 Å². The molecule has 0 atom stereocenters. The van der Waals surface area contributed by atoms with Crippen molar-refractivity contribution in [3.05, 3.63) is 0 Å². The number of hydrogen-bond acceptors (Lipinski definition) is 3. The number of unbranched alkanes of at least 4 members (excludes halogenated alkanes) is 2. The van der Waals surface area contributed by atoms with E-state index in [4.69, 9.17) is 10.8 Å². The lowest BCUT2D eigenvalue weighted by Gasteiger charge is -2.35. The average molecular weight is 242 g/mol. The Balaban J connectivity index is 2.34. The lowest BCUT2D eigenvalue weighted by molar-refractivity contribution is -0.137. The second kappa shape index (κ2) is 6.97.